The van der Waals surface area contributed by atoms with Crippen molar-refractivity contribution in [3.63, 3.8) is 0 Å². The standard InChI is InChI=1S/C18H14F6N2O2/c1-9(27)25-15-7-11(17(19,20)21)3-5-13(15)14-6-4-12(18(22,23)24)8-16(14)26-10(2)28/h3-8H,1-2H3,(H,25,27)(H,26,28). The third kappa shape index (κ3) is 5.02. The van der Waals surface area contributed by atoms with E-state index in [1.807, 2.05) is 0 Å². The van der Waals surface area contributed by atoms with Crippen LogP contribution in [0.5, 0.6) is 0 Å². The van der Waals surface area contributed by atoms with Gasteiger partial charge in [0.15, 0.2) is 0 Å². The fourth-order valence-electron chi connectivity index (χ4n) is 2.50. The van der Waals surface area contributed by atoms with E-state index in [0.717, 1.165) is 38.1 Å². The lowest BCUT2D eigenvalue weighted by atomic mass is 9.97. The Balaban J connectivity index is 2.71. The highest BCUT2D eigenvalue weighted by Crippen LogP contribution is 2.40. The summed E-state index contributed by atoms with van der Waals surface area (Å²) in [5.74, 6) is -1.35. The average molecular weight is 404 g/mol. The highest BCUT2D eigenvalue weighted by Gasteiger charge is 2.33. The van der Waals surface area contributed by atoms with Crippen LogP contribution in [0.4, 0.5) is 37.7 Å². The smallest absolute Gasteiger partial charge is 0.326 e. The fraction of sp³-hybridized carbons (Fsp3) is 0.222. The molecule has 2 aromatic rings. The number of rotatable bonds is 3. The molecule has 0 aromatic heterocycles. The SMILES string of the molecule is CC(=O)Nc1cc(C(F)(F)F)ccc1-c1ccc(C(F)(F)F)cc1NC(C)=O. The summed E-state index contributed by atoms with van der Waals surface area (Å²) >= 11 is 0. The molecule has 0 bridgehead atoms. The van der Waals surface area contributed by atoms with Crippen LogP contribution in [0.3, 0.4) is 0 Å². The molecule has 0 aliphatic rings. The first-order chi connectivity index (χ1) is 12.8. The minimum Gasteiger partial charge on any atom is -0.326 e. The minimum atomic E-state index is -4.69. The molecular weight excluding hydrogens is 390 g/mol. The second-order valence-corrected chi connectivity index (χ2v) is 5.88. The van der Waals surface area contributed by atoms with Gasteiger partial charge >= 0.3 is 12.4 Å². The average Bonchev–Trinajstić information content (AvgIpc) is 2.52. The molecule has 2 N–H and O–H groups in total. The summed E-state index contributed by atoms with van der Waals surface area (Å²) in [6.07, 6.45) is -9.38. The fourth-order valence-corrected chi connectivity index (χ4v) is 2.50. The molecule has 0 aliphatic carbocycles. The van der Waals surface area contributed by atoms with Crippen molar-refractivity contribution < 1.29 is 35.9 Å². The molecule has 2 aromatic carbocycles. The van der Waals surface area contributed by atoms with E-state index in [0.29, 0.717) is 12.1 Å². The molecule has 0 heterocycles. The summed E-state index contributed by atoms with van der Waals surface area (Å²) < 4.78 is 77.9. The first kappa shape index (κ1) is 21.3. The Morgan fingerprint density at radius 3 is 1.25 bits per heavy atom. The molecule has 0 unspecified atom stereocenters. The molecule has 150 valence electrons. The van der Waals surface area contributed by atoms with Gasteiger partial charge in [-0.3, -0.25) is 9.59 Å². The third-order valence-corrected chi connectivity index (χ3v) is 3.61. The van der Waals surface area contributed by atoms with Crippen LogP contribution in [-0.4, -0.2) is 11.8 Å². The van der Waals surface area contributed by atoms with Gasteiger partial charge in [-0.1, -0.05) is 12.1 Å². The number of hydrogen-bond donors (Lipinski definition) is 2. The lowest BCUT2D eigenvalue weighted by Gasteiger charge is -2.18. The molecule has 0 atom stereocenters. The van der Waals surface area contributed by atoms with Gasteiger partial charge in [0.1, 0.15) is 0 Å². The predicted octanol–water partition coefficient (Wildman–Crippen LogP) is 5.31. The zero-order valence-electron chi connectivity index (χ0n) is 14.5. The van der Waals surface area contributed by atoms with Crippen molar-refractivity contribution in [2.75, 3.05) is 10.6 Å². The number of carbonyl (C=O) groups is 2. The normalized spacial score (nSPS) is 11.9. The van der Waals surface area contributed by atoms with Gasteiger partial charge in [0, 0.05) is 36.3 Å². The third-order valence-electron chi connectivity index (χ3n) is 3.61. The topological polar surface area (TPSA) is 58.2 Å². The highest BCUT2D eigenvalue weighted by atomic mass is 19.4. The maximum Gasteiger partial charge on any atom is 0.416 e. The van der Waals surface area contributed by atoms with Gasteiger partial charge in [0.05, 0.1) is 11.1 Å². The molecule has 0 spiro atoms. The molecule has 2 rings (SSSR count). The van der Waals surface area contributed by atoms with Crippen molar-refractivity contribution in [3.8, 4) is 11.1 Å². The molecule has 0 fully saturated rings. The van der Waals surface area contributed by atoms with E-state index in [9.17, 15) is 35.9 Å². The summed E-state index contributed by atoms with van der Waals surface area (Å²) in [7, 11) is 0. The Bertz CT molecular complexity index is 844. The number of benzene rings is 2. The number of carbonyl (C=O) groups excluding carboxylic acids is 2. The number of anilines is 2. The van der Waals surface area contributed by atoms with Gasteiger partial charge in [-0.25, -0.2) is 0 Å². The van der Waals surface area contributed by atoms with E-state index in [2.05, 4.69) is 10.6 Å². The van der Waals surface area contributed by atoms with Crippen LogP contribution < -0.4 is 10.6 Å². The van der Waals surface area contributed by atoms with Crippen LogP contribution in [0.25, 0.3) is 11.1 Å². The van der Waals surface area contributed by atoms with Gasteiger partial charge in [-0.05, 0) is 24.3 Å². The van der Waals surface area contributed by atoms with Crippen molar-refractivity contribution in [1.82, 2.24) is 0 Å². The van der Waals surface area contributed by atoms with Crippen molar-refractivity contribution in [3.05, 3.63) is 47.5 Å². The van der Waals surface area contributed by atoms with Crippen molar-refractivity contribution in [1.29, 1.82) is 0 Å². The first-order valence-electron chi connectivity index (χ1n) is 7.77. The van der Waals surface area contributed by atoms with Gasteiger partial charge in [0.2, 0.25) is 11.8 Å². The summed E-state index contributed by atoms with van der Waals surface area (Å²) in [6.45, 7) is 2.15. The minimum absolute atomic E-state index is 0.0145. The molecule has 10 heteroatoms. The van der Waals surface area contributed by atoms with Crippen LogP contribution in [0.15, 0.2) is 36.4 Å². The second-order valence-electron chi connectivity index (χ2n) is 5.88. The van der Waals surface area contributed by atoms with Crippen LogP contribution in [-0.2, 0) is 21.9 Å². The molecule has 0 saturated heterocycles. The zero-order chi connectivity index (χ0) is 21.3. The quantitative estimate of drug-likeness (QED) is 0.682. The van der Waals surface area contributed by atoms with Gasteiger partial charge in [-0.2, -0.15) is 26.3 Å². The maximum atomic E-state index is 13.0. The summed E-state index contributed by atoms with van der Waals surface area (Å²) in [6, 6.07) is 4.84. The van der Waals surface area contributed by atoms with Crippen molar-refractivity contribution in [2.24, 2.45) is 0 Å². The summed E-state index contributed by atoms with van der Waals surface area (Å²) in [4.78, 5) is 22.8. The summed E-state index contributed by atoms with van der Waals surface area (Å²) in [5.41, 5.74) is -2.58. The van der Waals surface area contributed by atoms with Gasteiger partial charge in [0.25, 0.3) is 0 Å². The predicted molar refractivity (Wildman–Crippen MR) is 90.5 cm³/mol. The van der Waals surface area contributed by atoms with Crippen molar-refractivity contribution >= 4 is 23.2 Å². The number of alkyl halides is 6. The Hall–Kier alpha value is -3.04. The Morgan fingerprint density at radius 1 is 0.679 bits per heavy atom. The van der Waals surface area contributed by atoms with E-state index in [4.69, 9.17) is 0 Å². The van der Waals surface area contributed by atoms with Crippen LogP contribution in [0, 0.1) is 0 Å². The van der Waals surface area contributed by atoms with Crippen LogP contribution in [0.1, 0.15) is 25.0 Å². The van der Waals surface area contributed by atoms with Crippen LogP contribution in [0.2, 0.25) is 0 Å². The largest absolute Gasteiger partial charge is 0.416 e. The maximum absolute atomic E-state index is 13.0. The molecule has 2 amide bonds. The number of halogens is 6. The van der Waals surface area contributed by atoms with E-state index in [-0.39, 0.29) is 22.5 Å². The molecule has 0 aliphatic heterocycles. The molecule has 4 nitrogen and oxygen atoms in total. The van der Waals surface area contributed by atoms with Crippen molar-refractivity contribution in [2.45, 2.75) is 26.2 Å². The monoisotopic (exact) mass is 404 g/mol. The molecule has 28 heavy (non-hydrogen) atoms. The van der Waals surface area contributed by atoms with E-state index in [1.165, 1.54) is 0 Å². The number of nitrogens with one attached hydrogen (secondary N) is 2. The highest BCUT2D eigenvalue weighted by molar-refractivity contribution is 5.99. The molecule has 0 saturated carbocycles. The zero-order valence-corrected chi connectivity index (χ0v) is 14.5. The molecular formula is C18H14F6N2O2. The lowest BCUT2D eigenvalue weighted by molar-refractivity contribution is -0.138. The van der Waals surface area contributed by atoms with E-state index < -0.39 is 35.3 Å². The Labute approximate surface area is 155 Å². The van der Waals surface area contributed by atoms with E-state index >= 15 is 0 Å². The Kier molecular flexibility index (Phi) is 5.72. The number of amides is 2. The van der Waals surface area contributed by atoms with Gasteiger partial charge < -0.3 is 10.6 Å². The second kappa shape index (κ2) is 7.53. The lowest BCUT2D eigenvalue weighted by Crippen LogP contribution is -2.13. The van der Waals surface area contributed by atoms with Gasteiger partial charge in [-0.15, -0.1) is 0 Å². The summed E-state index contributed by atoms with van der Waals surface area (Å²) in [5, 5.41) is 4.47. The number of hydrogen-bond acceptors (Lipinski definition) is 2. The van der Waals surface area contributed by atoms with E-state index in [1.54, 1.807) is 0 Å². The van der Waals surface area contributed by atoms with Crippen LogP contribution >= 0.6 is 0 Å². The Morgan fingerprint density at radius 2 is 1.00 bits per heavy atom. The first-order valence-corrected chi connectivity index (χ1v) is 7.77. The molecule has 0 radical (unpaired) electrons.